The highest BCUT2D eigenvalue weighted by atomic mass is 35.5. The van der Waals surface area contributed by atoms with Crippen LogP contribution in [-0.2, 0) is 11.2 Å². The molecule has 148 valence electrons. The van der Waals surface area contributed by atoms with Gasteiger partial charge in [-0.15, -0.1) is 10.2 Å². The number of aromatic nitrogens is 5. The molecule has 0 bridgehead atoms. The van der Waals surface area contributed by atoms with Crippen molar-refractivity contribution < 1.29 is 4.52 Å². The van der Waals surface area contributed by atoms with Crippen LogP contribution in [0.2, 0.25) is 5.02 Å². The quantitative estimate of drug-likeness (QED) is 0.390. The Labute approximate surface area is 178 Å². The molecule has 8 heteroatoms. The zero-order chi connectivity index (χ0) is 20.4. The molecule has 0 unspecified atom stereocenters. The summed E-state index contributed by atoms with van der Waals surface area (Å²) in [5.74, 6) is 2.54. The number of halogens is 1. The first-order valence-corrected chi connectivity index (χ1v) is 10.5. The third-order valence-electron chi connectivity index (χ3n) is 4.19. The molecule has 0 radical (unpaired) electrons. The fourth-order valence-corrected chi connectivity index (χ4v) is 3.63. The van der Waals surface area contributed by atoms with Crippen molar-refractivity contribution in [2.75, 3.05) is 0 Å². The number of nitrogens with zero attached hydrogens (tertiary/aromatic N) is 5. The second kappa shape index (κ2) is 8.00. The number of hydrogen-bond acceptors (Lipinski definition) is 6. The van der Waals surface area contributed by atoms with Gasteiger partial charge in [-0.05, 0) is 36.4 Å². The highest BCUT2D eigenvalue weighted by Gasteiger charge is 2.22. The minimum absolute atomic E-state index is 0.179. The molecule has 0 aliphatic carbocycles. The van der Waals surface area contributed by atoms with E-state index in [1.165, 1.54) is 11.8 Å². The molecule has 4 aromatic rings. The molecule has 0 N–H and O–H groups in total. The van der Waals surface area contributed by atoms with Gasteiger partial charge in [0.2, 0.25) is 5.89 Å². The molecular formula is C21H20ClN5OS. The van der Waals surface area contributed by atoms with E-state index in [0.717, 1.165) is 22.2 Å². The van der Waals surface area contributed by atoms with E-state index in [4.69, 9.17) is 16.1 Å². The summed E-state index contributed by atoms with van der Waals surface area (Å²) in [5, 5.41) is 14.4. The standard InChI is InChI=1S/C21H20ClN5OS/c1-21(2,3)19-23-17(26-28-19)13-29-20-25-24-18(14-9-11-15(22)12-10-14)27(20)16-7-5-4-6-8-16/h4-12H,13H2,1-3H3. The normalized spacial score (nSPS) is 11.7. The Bertz CT molecular complexity index is 1100. The van der Waals surface area contributed by atoms with Gasteiger partial charge < -0.3 is 4.52 Å². The van der Waals surface area contributed by atoms with Gasteiger partial charge >= 0.3 is 0 Å². The smallest absolute Gasteiger partial charge is 0.232 e. The van der Waals surface area contributed by atoms with E-state index in [9.17, 15) is 0 Å². The van der Waals surface area contributed by atoms with Crippen molar-refractivity contribution in [3.8, 4) is 17.1 Å². The van der Waals surface area contributed by atoms with Crippen LogP contribution in [0.3, 0.4) is 0 Å². The maximum atomic E-state index is 6.04. The van der Waals surface area contributed by atoms with Crippen LogP contribution < -0.4 is 0 Å². The largest absolute Gasteiger partial charge is 0.339 e. The van der Waals surface area contributed by atoms with Crippen LogP contribution in [-0.4, -0.2) is 24.9 Å². The Morgan fingerprint density at radius 2 is 1.72 bits per heavy atom. The second-order valence-electron chi connectivity index (χ2n) is 7.54. The Kier molecular flexibility index (Phi) is 5.43. The van der Waals surface area contributed by atoms with Crippen LogP contribution in [0, 0.1) is 0 Å². The van der Waals surface area contributed by atoms with Crippen LogP contribution in [0.1, 0.15) is 32.5 Å². The van der Waals surface area contributed by atoms with Crippen LogP contribution in [0.5, 0.6) is 0 Å². The van der Waals surface area contributed by atoms with Gasteiger partial charge in [0.25, 0.3) is 0 Å². The molecule has 0 saturated carbocycles. The second-order valence-corrected chi connectivity index (χ2v) is 8.92. The summed E-state index contributed by atoms with van der Waals surface area (Å²) in [4.78, 5) is 4.50. The van der Waals surface area contributed by atoms with Crippen molar-refractivity contribution in [1.82, 2.24) is 24.9 Å². The van der Waals surface area contributed by atoms with Gasteiger partial charge in [-0.3, -0.25) is 4.57 Å². The summed E-state index contributed by atoms with van der Waals surface area (Å²) in [7, 11) is 0. The first-order chi connectivity index (χ1) is 13.9. The predicted octanol–water partition coefficient (Wildman–Crippen LogP) is 5.56. The number of hydrogen-bond donors (Lipinski definition) is 0. The summed E-state index contributed by atoms with van der Waals surface area (Å²) in [6.45, 7) is 6.13. The van der Waals surface area contributed by atoms with Gasteiger partial charge in [-0.25, -0.2) is 0 Å². The minimum atomic E-state index is -0.179. The maximum absolute atomic E-state index is 6.04. The molecule has 2 aromatic heterocycles. The first-order valence-electron chi connectivity index (χ1n) is 9.14. The first kappa shape index (κ1) is 19.7. The number of rotatable bonds is 5. The number of para-hydroxylation sites is 1. The van der Waals surface area contributed by atoms with Gasteiger partial charge in [0.1, 0.15) is 0 Å². The van der Waals surface area contributed by atoms with E-state index in [0.29, 0.717) is 22.5 Å². The molecule has 0 aliphatic rings. The van der Waals surface area contributed by atoms with Crippen LogP contribution in [0.4, 0.5) is 0 Å². The monoisotopic (exact) mass is 425 g/mol. The van der Waals surface area contributed by atoms with E-state index in [2.05, 4.69) is 20.3 Å². The molecular weight excluding hydrogens is 406 g/mol. The van der Waals surface area contributed by atoms with Crippen LogP contribution in [0.15, 0.2) is 64.3 Å². The fraction of sp³-hybridized carbons (Fsp3) is 0.238. The molecule has 4 rings (SSSR count). The molecule has 0 fully saturated rings. The highest BCUT2D eigenvalue weighted by Crippen LogP contribution is 2.30. The van der Waals surface area contributed by atoms with E-state index >= 15 is 0 Å². The summed E-state index contributed by atoms with van der Waals surface area (Å²) in [6.07, 6.45) is 0. The maximum Gasteiger partial charge on any atom is 0.232 e. The Balaban J connectivity index is 1.66. The zero-order valence-electron chi connectivity index (χ0n) is 16.3. The van der Waals surface area contributed by atoms with E-state index < -0.39 is 0 Å². The van der Waals surface area contributed by atoms with Crippen molar-refractivity contribution in [3.63, 3.8) is 0 Å². The van der Waals surface area contributed by atoms with Gasteiger partial charge in [0, 0.05) is 21.7 Å². The van der Waals surface area contributed by atoms with E-state index in [1.807, 2.05) is 79.9 Å². The summed E-state index contributed by atoms with van der Waals surface area (Å²) in [6, 6.07) is 17.6. The molecule has 0 spiro atoms. The third kappa shape index (κ3) is 4.36. The van der Waals surface area contributed by atoms with Crippen LogP contribution in [0.25, 0.3) is 17.1 Å². The lowest BCUT2D eigenvalue weighted by Gasteiger charge is -2.10. The molecule has 2 aromatic carbocycles. The zero-order valence-corrected chi connectivity index (χ0v) is 17.9. The topological polar surface area (TPSA) is 69.6 Å². The molecule has 0 amide bonds. The molecule has 0 atom stereocenters. The van der Waals surface area contributed by atoms with Gasteiger partial charge in [-0.2, -0.15) is 4.98 Å². The van der Waals surface area contributed by atoms with Gasteiger partial charge in [0.05, 0.1) is 5.75 Å². The summed E-state index contributed by atoms with van der Waals surface area (Å²) < 4.78 is 7.41. The van der Waals surface area contributed by atoms with Crippen molar-refractivity contribution in [3.05, 3.63) is 71.3 Å². The summed E-state index contributed by atoms with van der Waals surface area (Å²) in [5.41, 5.74) is 1.74. The average molecular weight is 426 g/mol. The fourth-order valence-electron chi connectivity index (χ4n) is 2.71. The van der Waals surface area contributed by atoms with Crippen molar-refractivity contribution in [1.29, 1.82) is 0 Å². The lowest BCUT2D eigenvalue weighted by molar-refractivity contribution is 0.319. The molecule has 6 nitrogen and oxygen atoms in total. The Morgan fingerprint density at radius 1 is 1.00 bits per heavy atom. The van der Waals surface area contributed by atoms with Crippen molar-refractivity contribution in [2.24, 2.45) is 0 Å². The van der Waals surface area contributed by atoms with Gasteiger partial charge in [0.15, 0.2) is 16.8 Å². The Hall–Kier alpha value is -2.64. The van der Waals surface area contributed by atoms with E-state index in [-0.39, 0.29) is 5.41 Å². The lowest BCUT2D eigenvalue weighted by Crippen LogP contribution is -2.11. The number of benzene rings is 2. The predicted molar refractivity (Wildman–Crippen MR) is 114 cm³/mol. The average Bonchev–Trinajstić information content (AvgIpc) is 3.35. The minimum Gasteiger partial charge on any atom is -0.339 e. The van der Waals surface area contributed by atoms with Crippen LogP contribution >= 0.6 is 23.4 Å². The van der Waals surface area contributed by atoms with E-state index in [1.54, 1.807) is 0 Å². The summed E-state index contributed by atoms with van der Waals surface area (Å²) >= 11 is 7.56. The Morgan fingerprint density at radius 3 is 2.38 bits per heavy atom. The number of thioether (sulfide) groups is 1. The third-order valence-corrected chi connectivity index (χ3v) is 5.37. The van der Waals surface area contributed by atoms with Crippen molar-refractivity contribution >= 4 is 23.4 Å². The SMILES string of the molecule is CC(C)(C)c1nc(CSc2nnc(-c3ccc(Cl)cc3)n2-c2ccccc2)no1. The highest BCUT2D eigenvalue weighted by molar-refractivity contribution is 7.98. The van der Waals surface area contributed by atoms with Crippen molar-refractivity contribution in [2.45, 2.75) is 37.1 Å². The lowest BCUT2D eigenvalue weighted by atomic mass is 9.97. The molecule has 0 saturated heterocycles. The molecule has 0 aliphatic heterocycles. The van der Waals surface area contributed by atoms with Gasteiger partial charge in [-0.1, -0.05) is 67.5 Å². The molecule has 29 heavy (non-hydrogen) atoms. The molecule has 2 heterocycles.